The molecule has 0 heterocycles. The van der Waals surface area contributed by atoms with Crippen molar-refractivity contribution in [1.82, 2.24) is 0 Å². The highest BCUT2D eigenvalue weighted by Gasteiger charge is 2.16. The van der Waals surface area contributed by atoms with Crippen LogP contribution in [0.5, 0.6) is 5.75 Å². The van der Waals surface area contributed by atoms with Crippen LogP contribution in [0.4, 0.5) is 0 Å². The fourth-order valence-corrected chi connectivity index (χ4v) is 1.40. The average molecular weight is 220 g/mol. The smallest absolute Gasteiger partial charge is 0.361 e. The van der Waals surface area contributed by atoms with E-state index in [1.807, 2.05) is 13.8 Å². The molecule has 86 valence electrons. The van der Waals surface area contributed by atoms with Crippen LogP contribution in [0, 0.1) is 0 Å². The summed E-state index contributed by atoms with van der Waals surface area (Å²) in [7, 11) is 1.59. The Bertz CT molecular complexity index is 331. The second-order valence-corrected chi connectivity index (χ2v) is 3.57. The van der Waals surface area contributed by atoms with Crippen molar-refractivity contribution in [3.05, 3.63) is 29.8 Å². The summed E-state index contributed by atoms with van der Waals surface area (Å²) in [4.78, 5) is 11.7. The van der Waals surface area contributed by atoms with Gasteiger partial charge < -0.3 is 9.39 Å². The lowest BCUT2D eigenvalue weighted by Crippen LogP contribution is -2.20. The van der Waals surface area contributed by atoms with E-state index in [0.717, 1.165) is 18.4 Å². The van der Waals surface area contributed by atoms with E-state index in [1.54, 1.807) is 31.4 Å². The van der Waals surface area contributed by atoms with Gasteiger partial charge in [-0.25, -0.2) is 4.79 Å². The molecule has 0 saturated heterocycles. The van der Waals surface area contributed by atoms with E-state index in [1.165, 1.54) is 0 Å². The van der Waals surface area contributed by atoms with Crippen molar-refractivity contribution in [3.63, 3.8) is 0 Å². The maximum atomic E-state index is 11.7. The molecular formula is C12H17BO3. The molecule has 4 heteroatoms. The molecule has 0 aromatic heterocycles. The summed E-state index contributed by atoms with van der Waals surface area (Å²) in [6.45, 7) is 4.03. The van der Waals surface area contributed by atoms with Gasteiger partial charge in [-0.05, 0) is 36.9 Å². The number of carbonyl (C=O) groups is 1. The van der Waals surface area contributed by atoms with E-state index in [9.17, 15) is 4.79 Å². The van der Waals surface area contributed by atoms with Gasteiger partial charge in [-0.1, -0.05) is 13.8 Å². The summed E-state index contributed by atoms with van der Waals surface area (Å²) in [5, 5.41) is 0. The SMILES string of the molecule is CCB(CC)OC(=O)c1ccc(OC)cc1. The normalized spacial score (nSPS) is 9.69. The van der Waals surface area contributed by atoms with Crippen molar-refractivity contribution >= 4 is 12.9 Å². The van der Waals surface area contributed by atoms with Crippen molar-refractivity contribution in [1.29, 1.82) is 0 Å². The van der Waals surface area contributed by atoms with Gasteiger partial charge >= 0.3 is 12.9 Å². The summed E-state index contributed by atoms with van der Waals surface area (Å²) < 4.78 is 10.3. The van der Waals surface area contributed by atoms with Gasteiger partial charge in [0, 0.05) is 0 Å². The highest BCUT2D eigenvalue weighted by atomic mass is 16.5. The first-order valence-corrected chi connectivity index (χ1v) is 5.56. The van der Waals surface area contributed by atoms with Gasteiger partial charge in [-0.2, -0.15) is 0 Å². The number of benzene rings is 1. The molecule has 0 bridgehead atoms. The van der Waals surface area contributed by atoms with E-state index in [0.29, 0.717) is 5.56 Å². The Kier molecular flexibility index (Phi) is 4.90. The molecule has 16 heavy (non-hydrogen) atoms. The minimum Gasteiger partial charge on any atom is -0.533 e. The molecule has 0 saturated carbocycles. The lowest BCUT2D eigenvalue weighted by molar-refractivity contribution is 0.0730. The molecule has 0 aliphatic heterocycles. The Labute approximate surface area is 96.9 Å². The molecule has 3 nitrogen and oxygen atoms in total. The number of hydrogen-bond donors (Lipinski definition) is 0. The fraction of sp³-hybridized carbons (Fsp3) is 0.417. The van der Waals surface area contributed by atoms with Crippen LogP contribution in [0.2, 0.25) is 12.6 Å². The maximum absolute atomic E-state index is 11.7. The number of ether oxygens (including phenoxy) is 1. The van der Waals surface area contributed by atoms with Gasteiger partial charge in [-0.15, -0.1) is 0 Å². The second kappa shape index (κ2) is 6.21. The van der Waals surface area contributed by atoms with Crippen molar-refractivity contribution < 1.29 is 14.2 Å². The zero-order chi connectivity index (χ0) is 12.0. The zero-order valence-corrected chi connectivity index (χ0v) is 10.0. The van der Waals surface area contributed by atoms with Crippen LogP contribution in [-0.4, -0.2) is 20.0 Å². The summed E-state index contributed by atoms with van der Waals surface area (Å²) in [6, 6.07) is 6.93. The van der Waals surface area contributed by atoms with E-state index in [-0.39, 0.29) is 12.9 Å². The second-order valence-electron chi connectivity index (χ2n) is 3.57. The van der Waals surface area contributed by atoms with Crippen LogP contribution in [0.1, 0.15) is 24.2 Å². The predicted molar refractivity (Wildman–Crippen MR) is 65.1 cm³/mol. The summed E-state index contributed by atoms with van der Waals surface area (Å²) >= 11 is 0. The van der Waals surface area contributed by atoms with Crippen LogP contribution in [0.3, 0.4) is 0 Å². The molecule has 1 rings (SSSR count). The first kappa shape index (κ1) is 12.6. The molecule has 0 unspecified atom stereocenters. The first-order valence-electron chi connectivity index (χ1n) is 5.56. The molecular weight excluding hydrogens is 203 g/mol. The molecule has 0 radical (unpaired) electrons. The largest absolute Gasteiger partial charge is 0.533 e. The molecule has 0 amide bonds. The third-order valence-electron chi connectivity index (χ3n) is 2.51. The predicted octanol–water partition coefficient (Wildman–Crippen LogP) is 2.88. The molecule has 0 aliphatic carbocycles. The van der Waals surface area contributed by atoms with Crippen molar-refractivity contribution in [2.24, 2.45) is 0 Å². The van der Waals surface area contributed by atoms with E-state index in [2.05, 4.69) is 0 Å². The maximum Gasteiger partial charge on any atom is 0.361 e. The third kappa shape index (κ3) is 3.30. The van der Waals surface area contributed by atoms with Gasteiger partial charge in [0.25, 0.3) is 0 Å². The van der Waals surface area contributed by atoms with Gasteiger partial charge in [-0.3, -0.25) is 0 Å². The van der Waals surface area contributed by atoms with Crippen molar-refractivity contribution in [2.45, 2.75) is 26.5 Å². The molecule has 0 fully saturated rings. The van der Waals surface area contributed by atoms with Crippen molar-refractivity contribution in [2.75, 3.05) is 7.11 Å². The van der Waals surface area contributed by atoms with E-state index >= 15 is 0 Å². The Morgan fingerprint density at radius 3 is 2.19 bits per heavy atom. The minimum atomic E-state index is -0.267. The van der Waals surface area contributed by atoms with Crippen LogP contribution < -0.4 is 4.74 Å². The molecule has 0 spiro atoms. The quantitative estimate of drug-likeness (QED) is 0.715. The van der Waals surface area contributed by atoms with Gasteiger partial charge in [0.2, 0.25) is 0 Å². The number of methoxy groups -OCH3 is 1. The molecule has 1 aromatic rings. The zero-order valence-electron chi connectivity index (χ0n) is 10.0. The Hall–Kier alpha value is -1.45. The Balaban J connectivity index is 2.65. The monoisotopic (exact) mass is 220 g/mol. The molecule has 1 aromatic carbocycles. The summed E-state index contributed by atoms with van der Waals surface area (Å²) in [6.07, 6.45) is 1.69. The van der Waals surface area contributed by atoms with Crippen LogP contribution >= 0.6 is 0 Å². The molecule has 0 aliphatic rings. The summed E-state index contributed by atoms with van der Waals surface area (Å²) in [5.74, 6) is 0.468. The van der Waals surface area contributed by atoms with Crippen LogP contribution in [0.25, 0.3) is 0 Å². The average Bonchev–Trinajstić information content (AvgIpc) is 2.35. The standard InChI is InChI=1S/C12H17BO3/c1-4-13(5-2)16-12(14)10-6-8-11(15-3)9-7-10/h6-9H,4-5H2,1-3H3. The third-order valence-corrected chi connectivity index (χ3v) is 2.51. The first-order chi connectivity index (χ1) is 7.71. The highest BCUT2D eigenvalue weighted by Crippen LogP contribution is 2.13. The summed E-state index contributed by atoms with van der Waals surface area (Å²) in [5.41, 5.74) is 0.563. The van der Waals surface area contributed by atoms with Crippen molar-refractivity contribution in [3.8, 4) is 5.75 Å². The molecule has 0 atom stereocenters. The van der Waals surface area contributed by atoms with Crippen LogP contribution in [-0.2, 0) is 4.65 Å². The number of rotatable bonds is 5. The Morgan fingerprint density at radius 1 is 1.19 bits per heavy atom. The number of hydrogen-bond acceptors (Lipinski definition) is 3. The van der Waals surface area contributed by atoms with Gasteiger partial charge in [0.1, 0.15) is 5.75 Å². The lowest BCUT2D eigenvalue weighted by atomic mass is 9.62. The topological polar surface area (TPSA) is 35.5 Å². The number of carbonyl (C=O) groups excluding carboxylic acids is 1. The van der Waals surface area contributed by atoms with E-state index < -0.39 is 0 Å². The fourth-order valence-electron chi connectivity index (χ4n) is 1.40. The van der Waals surface area contributed by atoms with Gasteiger partial charge in [0.15, 0.2) is 0 Å². The van der Waals surface area contributed by atoms with Gasteiger partial charge in [0.05, 0.1) is 12.7 Å². The Morgan fingerprint density at radius 2 is 1.75 bits per heavy atom. The van der Waals surface area contributed by atoms with E-state index in [4.69, 9.17) is 9.39 Å². The molecule has 0 N–H and O–H groups in total. The lowest BCUT2D eigenvalue weighted by Gasteiger charge is -2.10. The van der Waals surface area contributed by atoms with Crippen LogP contribution in [0.15, 0.2) is 24.3 Å². The highest BCUT2D eigenvalue weighted by molar-refractivity contribution is 6.53. The minimum absolute atomic E-state index is 0.00889.